The topological polar surface area (TPSA) is 67.3 Å². The van der Waals surface area contributed by atoms with Gasteiger partial charge in [-0.15, -0.1) is 6.58 Å². The predicted molar refractivity (Wildman–Crippen MR) is 106 cm³/mol. The molecule has 140 valence electrons. The van der Waals surface area contributed by atoms with Crippen molar-refractivity contribution in [3.05, 3.63) is 51.5 Å². The van der Waals surface area contributed by atoms with Crippen molar-refractivity contribution in [2.75, 3.05) is 26.8 Å². The van der Waals surface area contributed by atoms with E-state index in [1.165, 1.54) is 4.57 Å². The van der Waals surface area contributed by atoms with Crippen molar-refractivity contribution in [1.29, 1.82) is 0 Å². The van der Waals surface area contributed by atoms with Gasteiger partial charge < -0.3 is 14.6 Å². The van der Waals surface area contributed by atoms with Gasteiger partial charge in [0.1, 0.15) is 0 Å². The Balaban J connectivity index is 2.45. The van der Waals surface area contributed by atoms with Gasteiger partial charge >= 0.3 is 0 Å². The van der Waals surface area contributed by atoms with Crippen molar-refractivity contribution < 1.29 is 9.53 Å². The van der Waals surface area contributed by atoms with E-state index in [-0.39, 0.29) is 11.5 Å². The summed E-state index contributed by atoms with van der Waals surface area (Å²) in [7, 11) is 1.61. The Morgan fingerprint density at radius 3 is 2.81 bits per heavy atom. The molecule has 1 heterocycles. The molecule has 2 rings (SSSR count). The highest BCUT2D eigenvalue weighted by Gasteiger charge is 2.18. The highest BCUT2D eigenvalue weighted by atomic mass is 32.1. The fourth-order valence-corrected chi connectivity index (χ4v) is 3.05. The number of hydrogen-bond donors (Lipinski definition) is 1. The third-order valence-corrected chi connectivity index (χ3v) is 4.30. The second kappa shape index (κ2) is 8.91. The molecule has 0 aliphatic rings. The molecule has 6 nitrogen and oxygen atoms in total. The van der Waals surface area contributed by atoms with E-state index in [9.17, 15) is 9.59 Å². The Kier molecular flexibility index (Phi) is 6.88. The van der Waals surface area contributed by atoms with Gasteiger partial charge in [-0.25, -0.2) is 0 Å². The van der Waals surface area contributed by atoms with Gasteiger partial charge in [-0.1, -0.05) is 19.9 Å². The molecule has 0 aliphatic carbocycles. The molecule has 0 unspecified atom stereocenters. The zero-order valence-electron chi connectivity index (χ0n) is 15.4. The molecular weight excluding hydrogens is 350 g/mol. The maximum atomic E-state index is 12.9. The van der Waals surface area contributed by atoms with Crippen LogP contribution in [-0.4, -0.2) is 47.2 Å². The number of benzene rings is 1. The number of H-pyrrole nitrogens is 1. The summed E-state index contributed by atoms with van der Waals surface area (Å²) in [5.74, 6) is 0.250. The van der Waals surface area contributed by atoms with Gasteiger partial charge in [0.2, 0.25) is 0 Å². The summed E-state index contributed by atoms with van der Waals surface area (Å²) in [6, 6.07) is 5.04. The fourth-order valence-electron chi connectivity index (χ4n) is 2.78. The number of nitrogens with one attached hydrogen (secondary N) is 1. The van der Waals surface area contributed by atoms with E-state index in [1.807, 2.05) is 0 Å². The fraction of sp³-hybridized carbons (Fsp3) is 0.421. The van der Waals surface area contributed by atoms with E-state index in [4.69, 9.17) is 17.0 Å². The summed E-state index contributed by atoms with van der Waals surface area (Å²) in [6.45, 7) is 9.73. The van der Waals surface area contributed by atoms with Crippen molar-refractivity contribution >= 4 is 29.0 Å². The zero-order chi connectivity index (χ0) is 19.3. The monoisotopic (exact) mass is 375 g/mol. The summed E-state index contributed by atoms with van der Waals surface area (Å²) in [5, 5.41) is 0.490. The normalized spacial score (nSPS) is 11.1. The van der Waals surface area contributed by atoms with E-state index in [1.54, 1.807) is 36.3 Å². The molecule has 0 atom stereocenters. The van der Waals surface area contributed by atoms with E-state index >= 15 is 0 Å². The number of amides is 1. The highest BCUT2D eigenvalue weighted by molar-refractivity contribution is 7.71. The molecular formula is C19H25N3O3S. The van der Waals surface area contributed by atoms with Crippen LogP contribution in [0.4, 0.5) is 0 Å². The number of hydrogen-bond acceptors (Lipinski definition) is 4. The van der Waals surface area contributed by atoms with E-state index in [2.05, 4.69) is 25.4 Å². The first kappa shape index (κ1) is 20.1. The minimum atomic E-state index is -0.193. The van der Waals surface area contributed by atoms with Gasteiger partial charge in [0, 0.05) is 32.3 Å². The van der Waals surface area contributed by atoms with Crippen LogP contribution < -0.4 is 5.56 Å². The molecule has 1 aromatic heterocycles. The SMILES string of the molecule is C=CCn1c(=S)[nH]c2cc(C(=O)N(CCOC)CC(C)C)ccc2c1=O. The minimum Gasteiger partial charge on any atom is -0.383 e. The third-order valence-electron chi connectivity index (χ3n) is 3.98. The molecule has 1 aromatic carbocycles. The van der Waals surface area contributed by atoms with Crippen LogP contribution >= 0.6 is 12.2 Å². The summed E-state index contributed by atoms with van der Waals surface area (Å²) < 4.78 is 6.86. The number of aromatic amines is 1. The summed E-state index contributed by atoms with van der Waals surface area (Å²) in [6.07, 6.45) is 1.62. The number of carbonyl (C=O) groups excluding carboxylic acids is 1. The second-order valence-corrected chi connectivity index (χ2v) is 6.92. The smallest absolute Gasteiger partial charge is 0.262 e. The van der Waals surface area contributed by atoms with E-state index in [0.29, 0.717) is 53.4 Å². The van der Waals surface area contributed by atoms with Gasteiger partial charge in [0.05, 0.1) is 17.5 Å². The van der Waals surface area contributed by atoms with Crippen LogP contribution in [0.2, 0.25) is 0 Å². The standard InChI is InChI=1S/C19H25N3O3S/c1-5-8-22-18(24)15-7-6-14(11-16(15)20-19(22)26)17(23)21(9-10-25-4)12-13(2)3/h5-7,11,13H,1,8-10,12H2,2-4H3,(H,20,26). The van der Waals surface area contributed by atoms with Gasteiger partial charge in [-0.05, 0) is 36.3 Å². The number of nitrogens with zero attached hydrogens (tertiary/aromatic N) is 2. The second-order valence-electron chi connectivity index (χ2n) is 6.53. The number of ether oxygens (including phenoxy) is 1. The average Bonchev–Trinajstić information content (AvgIpc) is 2.60. The molecule has 0 fully saturated rings. The van der Waals surface area contributed by atoms with Gasteiger partial charge in [-0.2, -0.15) is 0 Å². The Bertz CT molecular complexity index is 914. The van der Waals surface area contributed by atoms with Crippen LogP contribution in [0.15, 0.2) is 35.6 Å². The number of methoxy groups -OCH3 is 1. The number of allylic oxidation sites excluding steroid dienone is 1. The first-order chi connectivity index (χ1) is 12.4. The lowest BCUT2D eigenvalue weighted by atomic mass is 10.1. The Morgan fingerprint density at radius 1 is 1.46 bits per heavy atom. The van der Waals surface area contributed by atoms with Crippen molar-refractivity contribution in [3.8, 4) is 0 Å². The lowest BCUT2D eigenvalue weighted by molar-refractivity contribution is 0.0672. The summed E-state index contributed by atoms with van der Waals surface area (Å²) in [5.41, 5.74) is 0.879. The van der Waals surface area contributed by atoms with Crippen LogP contribution in [0.1, 0.15) is 24.2 Å². The van der Waals surface area contributed by atoms with Crippen LogP contribution in [0.25, 0.3) is 10.9 Å². The molecule has 0 aliphatic heterocycles. The van der Waals surface area contributed by atoms with Crippen LogP contribution in [-0.2, 0) is 11.3 Å². The predicted octanol–water partition coefficient (Wildman–Crippen LogP) is 2.99. The van der Waals surface area contributed by atoms with Gasteiger partial charge in [-0.3, -0.25) is 14.2 Å². The van der Waals surface area contributed by atoms with Crippen LogP contribution in [0.5, 0.6) is 0 Å². The maximum absolute atomic E-state index is 12.9. The Labute approximate surface area is 158 Å². The molecule has 0 radical (unpaired) electrons. The number of carbonyl (C=O) groups is 1. The number of aromatic nitrogens is 2. The summed E-state index contributed by atoms with van der Waals surface area (Å²) in [4.78, 5) is 30.3. The van der Waals surface area contributed by atoms with Crippen LogP contribution in [0.3, 0.4) is 0 Å². The van der Waals surface area contributed by atoms with Crippen molar-refractivity contribution in [2.45, 2.75) is 20.4 Å². The van der Waals surface area contributed by atoms with Crippen molar-refractivity contribution in [3.63, 3.8) is 0 Å². The molecule has 0 saturated heterocycles. The van der Waals surface area contributed by atoms with Crippen molar-refractivity contribution in [2.24, 2.45) is 5.92 Å². The maximum Gasteiger partial charge on any atom is 0.262 e. The minimum absolute atomic E-state index is 0.0905. The summed E-state index contributed by atoms with van der Waals surface area (Å²) >= 11 is 5.26. The molecule has 1 amide bonds. The van der Waals surface area contributed by atoms with Crippen LogP contribution in [0, 0.1) is 10.7 Å². The molecule has 0 saturated carbocycles. The molecule has 1 N–H and O–H groups in total. The molecule has 7 heteroatoms. The first-order valence-corrected chi connectivity index (χ1v) is 8.95. The average molecular weight is 375 g/mol. The van der Waals surface area contributed by atoms with Gasteiger partial charge in [0.25, 0.3) is 11.5 Å². The highest BCUT2D eigenvalue weighted by Crippen LogP contribution is 2.14. The lowest BCUT2D eigenvalue weighted by Crippen LogP contribution is -2.36. The quantitative estimate of drug-likeness (QED) is 0.569. The lowest BCUT2D eigenvalue weighted by Gasteiger charge is -2.24. The number of fused-ring (bicyclic) bond motifs is 1. The molecule has 0 bridgehead atoms. The van der Waals surface area contributed by atoms with Gasteiger partial charge in [0.15, 0.2) is 4.77 Å². The molecule has 26 heavy (non-hydrogen) atoms. The first-order valence-electron chi connectivity index (χ1n) is 8.55. The van der Waals surface area contributed by atoms with E-state index in [0.717, 1.165) is 0 Å². The largest absolute Gasteiger partial charge is 0.383 e. The zero-order valence-corrected chi connectivity index (χ0v) is 16.3. The Hall–Kier alpha value is -2.25. The number of rotatable bonds is 8. The molecule has 2 aromatic rings. The molecule has 0 spiro atoms. The van der Waals surface area contributed by atoms with E-state index < -0.39 is 0 Å². The van der Waals surface area contributed by atoms with Crippen molar-refractivity contribution in [1.82, 2.24) is 14.5 Å². The third kappa shape index (κ3) is 4.47. The Morgan fingerprint density at radius 2 is 2.19 bits per heavy atom.